The smallest absolute Gasteiger partial charge is 0.465 e. The van der Waals surface area contributed by atoms with E-state index in [1.54, 1.807) is 13.1 Å². The van der Waals surface area contributed by atoms with Crippen LogP contribution in [-0.4, -0.2) is 47.3 Å². The topological polar surface area (TPSA) is 77.6 Å². The number of carbonyl (C=O) groups is 2. The van der Waals surface area contributed by atoms with Crippen molar-refractivity contribution in [3.63, 3.8) is 0 Å². The second-order valence-electron chi connectivity index (χ2n) is 8.09. The summed E-state index contributed by atoms with van der Waals surface area (Å²) in [4.78, 5) is 26.7. The fourth-order valence-corrected chi connectivity index (χ4v) is 3.67. The molecule has 154 valence electrons. The van der Waals surface area contributed by atoms with E-state index in [4.69, 9.17) is 14.0 Å². The van der Waals surface area contributed by atoms with Crippen LogP contribution in [0, 0.1) is 0 Å². The Morgan fingerprint density at radius 2 is 1.86 bits per heavy atom. The predicted octanol–water partition coefficient (Wildman–Crippen LogP) is 4.25. The highest BCUT2D eigenvalue weighted by Gasteiger charge is 2.52. The van der Waals surface area contributed by atoms with Crippen LogP contribution < -0.4 is 0 Å². The number of carbonyl (C=O) groups excluding carboxylic acids is 2. The molecule has 1 N–H and O–H groups in total. The number of hydrogen-bond acceptors (Lipinski definition) is 6. The van der Waals surface area contributed by atoms with Crippen LogP contribution in [0.4, 0.5) is 0 Å². The summed E-state index contributed by atoms with van der Waals surface area (Å²) in [5.41, 5.74) is 2.13. The molecule has 1 aliphatic heterocycles. The zero-order chi connectivity index (χ0) is 21.4. The monoisotopic (exact) mass is 415 g/mol. The number of nitrogens with one attached hydrogen (secondary N) is 1. The van der Waals surface area contributed by atoms with Gasteiger partial charge in [-0.1, -0.05) is 23.9 Å². The van der Waals surface area contributed by atoms with Crippen LogP contribution in [0.25, 0.3) is 17.0 Å². The van der Waals surface area contributed by atoms with Gasteiger partial charge in [0.05, 0.1) is 23.9 Å². The van der Waals surface area contributed by atoms with Crippen LogP contribution in [0.2, 0.25) is 0 Å². The lowest BCUT2D eigenvalue weighted by molar-refractivity contribution is -0.109. The zero-order valence-electron chi connectivity index (χ0n) is 17.6. The van der Waals surface area contributed by atoms with Crippen molar-refractivity contribution >= 4 is 46.9 Å². The number of benzene rings is 1. The molecule has 1 aromatic carbocycles. The highest BCUT2D eigenvalue weighted by atomic mass is 32.2. The normalized spacial score (nSPS) is 18.3. The van der Waals surface area contributed by atoms with E-state index in [2.05, 4.69) is 4.98 Å². The average Bonchev–Trinajstić information content (AvgIpc) is 3.15. The van der Waals surface area contributed by atoms with Crippen LogP contribution in [0.3, 0.4) is 0 Å². The Bertz CT molecular complexity index is 963. The molecule has 0 bridgehead atoms. The van der Waals surface area contributed by atoms with Gasteiger partial charge in [-0.15, -0.1) is 0 Å². The molecule has 0 amide bonds. The van der Waals surface area contributed by atoms with E-state index in [1.807, 2.05) is 52.0 Å². The molecule has 0 radical (unpaired) electrons. The first kappa shape index (κ1) is 21.7. The van der Waals surface area contributed by atoms with Crippen molar-refractivity contribution in [3.05, 3.63) is 41.0 Å². The Labute approximate surface area is 175 Å². The fourth-order valence-electron chi connectivity index (χ4n) is 3.08. The number of aromatic nitrogens is 1. The minimum Gasteiger partial charge on any atom is -0.465 e. The molecule has 2 heterocycles. The van der Waals surface area contributed by atoms with Crippen molar-refractivity contribution in [1.82, 2.24) is 4.98 Å². The van der Waals surface area contributed by atoms with Crippen LogP contribution in [0.5, 0.6) is 0 Å². The molecule has 1 saturated heterocycles. The van der Waals surface area contributed by atoms with Gasteiger partial charge < -0.3 is 19.0 Å². The summed E-state index contributed by atoms with van der Waals surface area (Å²) < 4.78 is 17.2. The third-order valence-electron chi connectivity index (χ3n) is 5.46. The first-order valence-corrected chi connectivity index (χ1v) is 10.4. The number of hydrogen-bond donors (Lipinski definition) is 1. The molecule has 1 aromatic heterocycles. The van der Waals surface area contributed by atoms with Crippen molar-refractivity contribution in [2.75, 3.05) is 12.9 Å². The quantitative estimate of drug-likeness (QED) is 0.581. The van der Waals surface area contributed by atoms with E-state index in [0.717, 1.165) is 21.9 Å². The molecule has 1 aliphatic rings. The van der Waals surface area contributed by atoms with E-state index in [1.165, 1.54) is 18.9 Å². The number of aromatic amines is 1. The SMILES string of the molecule is COC(=O)c1c[nH]c2ccc(C=C(CSC(C)=O)B3OC(C)(C)C(C)(C)O3)cc12. The van der Waals surface area contributed by atoms with Crippen LogP contribution in [0.1, 0.15) is 50.5 Å². The van der Waals surface area contributed by atoms with Gasteiger partial charge in [0, 0.05) is 29.8 Å². The third kappa shape index (κ3) is 4.44. The van der Waals surface area contributed by atoms with Crippen LogP contribution in [0.15, 0.2) is 29.9 Å². The summed E-state index contributed by atoms with van der Waals surface area (Å²) in [6.45, 7) is 9.53. The second-order valence-corrected chi connectivity index (χ2v) is 9.24. The molecule has 29 heavy (non-hydrogen) atoms. The van der Waals surface area contributed by atoms with Gasteiger partial charge in [-0.3, -0.25) is 4.79 Å². The summed E-state index contributed by atoms with van der Waals surface area (Å²) in [5, 5.41) is 0.805. The van der Waals surface area contributed by atoms with Crippen LogP contribution in [-0.2, 0) is 18.8 Å². The van der Waals surface area contributed by atoms with E-state index in [0.29, 0.717) is 11.3 Å². The summed E-state index contributed by atoms with van der Waals surface area (Å²) in [5.74, 6) is 0.0666. The number of rotatable bonds is 5. The molecule has 1 fully saturated rings. The number of fused-ring (bicyclic) bond motifs is 1. The number of thioether (sulfide) groups is 1. The Hall–Kier alpha value is -2.03. The number of methoxy groups -OCH3 is 1. The lowest BCUT2D eigenvalue weighted by Crippen LogP contribution is -2.41. The molecule has 2 aromatic rings. The van der Waals surface area contributed by atoms with Gasteiger partial charge >= 0.3 is 13.1 Å². The molecule has 0 spiro atoms. The maximum absolute atomic E-state index is 12.0. The maximum Gasteiger partial charge on any atom is 0.491 e. The minimum atomic E-state index is -0.547. The largest absolute Gasteiger partial charge is 0.491 e. The number of ether oxygens (including phenoxy) is 1. The predicted molar refractivity (Wildman–Crippen MR) is 117 cm³/mol. The van der Waals surface area contributed by atoms with E-state index >= 15 is 0 Å². The summed E-state index contributed by atoms with van der Waals surface area (Å²) in [6, 6.07) is 5.78. The maximum atomic E-state index is 12.0. The van der Waals surface area contributed by atoms with Gasteiger partial charge in [-0.2, -0.15) is 0 Å². The fraction of sp³-hybridized carbons (Fsp3) is 0.429. The second kappa shape index (κ2) is 8.01. The van der Waals surface area contributed by atoms with Gasteiger partial charge in [0.2, 0.25) is 0 Å². The van der Waals surface area contributed by atoms with Gasteiger partial charge in [-0.25, -0.2) is 4.79 Å². The van der Waals surface area contributed by atoms with Crippen molar-refractivity contribution in [2.24, 2.45) is 0 Å². The van der Waals surface area contributed by atoms with E-state index in [9.17, 15) is 9.59 Å². The van der Waals surface area contributed by atoms with Crippen molar-refractivity contribution in [1.29, 1.82) is 0 Å². The molecule has 0 saturated carbocycles. The highest BCUT2D eigenvalue weighted by Crippen LogP contribution is 2.39. The lowest BCUT2D eigenvalue weighted by atomic mass is 9.78. The van der Waals surface area contributed by atoms with Crippen molar-refractivity contribution in [3.8, 4) is 0 Å². The van der Waals surface area contributed by atoms with E-state index in [-0.39, 0.29) is 5.12 Å². The Kier molecular flexibility index (Phi) is 5.99. The molecule has 3 rings (SSSR count). The first-order chi connectivity index (χ1) is 13.5. The number of esters is 1. The molecule has 8 heteroatoms. The minimum absolute atomic E-state index is 0.0291. The van der Waals surface area contributed by atoms with Crippen LogP contribution >= 0.6 is 11.8 Å². The highest BCUT2D eigenvalue weighted by molar-refractivity contribution is 8.13. The Morgan fingerprint density at radius 1 is 1.21 bits per heavy atom. The molecule has 0 atom stereocenters. The molecular weight excluding hydrogens is 389 g/mol. The van der Waals surface area contributed by atoms with Crippen molar-refractivity contribution in [2.45, 2.75) is 45.8 Å². The molecular formula is C21H26BNO5S. The Morgan fingerprint density at radius 3 is 2.45 bits per heavy atom. The third-order valence-corrected chi connectivity index (χ3v) is 6.35. The first-order valence-electron chi connectivity index (χ1n) is 9.43. The number of H-pyrrole nitrogens is 1. The zero-order valence-corrected chi connectivity index (χ0v) is 18.4. The standard InChI is InChI=1S/C21H26BNO5S/c1-13(24)29-12-15(22-27-20(2,3)21(4,5)28-22)9-14-7-8-18-16(10-14)17(11-23-18)19(25)26-6/h7-11,23H,12H2,1-6H3. The van der Waals surface area contributed by atoms with Crippen molar-refractivity contribution < 1.29 is 23.6 Å². The molecule has 6 nitrogen and oxygen atoms in total. The summed E-state index contributed by atoms with van der Waals surface area (Å²) >= 11 is 1.22. The summed E-state index contributed by atoms with van der Waals surface area (Å²) in [7, 11) is 0.814. The van der Waals surface area contributed by atoms with E-state index < -0.39 is 24.3 Å². The average molecular weight is 415 g/mol. The van der Waals surface area contributed by atoms with Gasteiger partial charge in [-0.05, 0) is 50.9 Å². The molecule has 0 aliphatic carbocycles. The lowest BCUT2D eigenvalue weighted by Gasteiger charge is -2.32. The van der Waals surface area contributed by atoms with Gasteiger partial charge in [0.15, 0.2) is 5.12 Å². The summed E-state index contributed by atoms with van der Waals surface area (Å²) in [6.07, 6.45) is 3.61. The molecule has 0 unspecified atom stereocenters. The Balaban J connectivity index is 1.99. The van der Waals surface area contributed by atoms with Gasteiger partial charge in [0.25, 0.3) is 0 Å². The van der Waals surface area contributed by atoms with Gasteiger partial charge in [0.1, 0.15) is 0 Å².